The van der Waals surface area contributed by atoms with E-state index in [1.54, 1.807) is 6.07 Å². The third-order valence-corrected chi connectivity index (χ3v) is 4.93. The number of hydrogen-bond acceptors (Lipinski definition) is 3. The van der Waals surface area contributed by atoms with Crippen LogP contribution in [-0.4, -0.2) is 22.8 Å². The number of rotatable bonds is 7. The zero-order valence-corrected chi connectivity index (χ0v) is 17.1. The van der Waals surface area contributed by atoms with Crippen LogP contribution in [0.3, 0.4) is 0 Å². The first-order chi connectivity index (χ1) is 15.1. The number of nitrogens with one attached hydrogen (secondary N) is 1. The first kappa shape index (κ1) is 20.3. The lowest BCUT2D eigenvalue weighted by Gasteiger charge is -2.08. The van der Waals surface area contributed by atoms with Gasteiger partial charge in [0.15, 0.2) is 0 Å². The van der Waals surface area contributed by atoms with Crippen LogP contribution in [0.2, 0.25) is 0 Å². The fraction of sp³-hybridized carbons (Fsp3) is 0.120. The van der Waals surface area contributed by atoms with Gasteiger partial charge < -0.3 is 10.1 Å². The molecule has 31 heavy (non-hydrogen) atoms. The number of methoxy groups -OCH3 is 1. The minimum Gasteiger partial charge on any atom is -0.497 e. The second-order valence-corrected chi connectivity index (χ2v) is 7.08. The van der Waals surface area contributed by atoms with Crippen LogP contribution >= 0.6 is 0 Å². The van der Waals surface area contributed by atoms with E-state index in [4.69, 9.17) is 9.84 Å². The van der Waals surface area contributed by atoms with E-state index in [0.717, 1.165) is 22.4 Å². The van der Waals surface area contributed by atoms with Crippen molar-refractivity contribution in [3.05, 3.63) is 108 Å². The number of amides is 1. The zero-order chi connectivity index (χ0) is 21.6. The van der Waals surface area contributed by atoms with Gasteiger partial charge in [0.25, 0.3) is 5.91 Å². The van der Waals surface area contributed by atoms with Crippen molar-refractivity contribution in [2.75, 3.05) is 7.11 Å². The summed E-state index contributed by atoms with van der Waals surface area (Å²) in [6.45, 7) is 0.838. The highest BCUT2D eigenvalue weighted by atomic mass is 19.1. The highest BCUT2D eigenvalue weighted by molar-refractivity contribution is 5.94. The molecule has 0 unspecified atom stereocenters. The lowest BCUT2D eigenvalue weighted by Crippen LogP contribution is -2.24. The summed E-state index contributed by atoms with van der Waals surface area (Å²) in [6.07, 6.45) is 1.92. The van der Waals surface area contributed by atoms with Gasteiger partial charge in [0.2, 0.25) is 0 Å². The molecule has 0 fully saturated rings. The monoisotopic (exact) mass is 415 g/mol. The van der Waals surface area contributed by atoms with Gasteiger partial charge in [0.1, 0.15) is 11.6 Å². The Morgan fingerprint density at radius 3 is 2.42 bits per heavy atom. The third kappa shape index (κ3) is 4.80. The maximum atomic E-state index is 14.2. The predicted molar refractivity (Wildman–Crippen MR) is 117 cm³/mol. The standard InChI is InChI=1S/C25H22FN3O2/c1-31-21-12-13-22(23(26)14-21)25(30)27-15-20-17-29(16-18-8-4-2-5-9-18)28-24(20)19-10-6-3-7-11-19/h2-14,17H,15-16H2,1H3,(H,27,30). The highest BCUT2D eigenvalue weighted by Crippen LogP contribution is 2.23. The van der Waals surface area contributed by atoms with Gasteiger partial charge in [-0.1, -0.05) is 60.7 Å². The van der Waals surface area contributed by atoms with Crippen molar-refractivity contribution >= 4 is 5.91 Å². The number of aromatic nitrogens is 2. The summed E-state index contributed by atoms with van der Waals surface area (Å²) in [5.41, 5.74) is 3.69. The number of hydrogen-bond donors (Lipinski definition) is 1. The normalized spacial score (nSPS) is 10.6. The van der Waals surface area contributed by atoms with Crippen molar-refractivity contribution in [1.82, 2.24) is 15.1 Å². The first-order valence-electron chi connectivity index (χ1n) is 9.91. The molecule has 4 aromatic rings. The molecule has 6 heteroatoms. The van der Waals surface area contributed by atoms with E-state index < -0.39 is 11.7 Å². The van der Waals surface area contributed by atoms with Gasteiger partial charge in [0, 0.05) is 29.9 Å². The second kappa shape index (κ2) is 9.26. The van der Waals surface area contributed by atoms with Gasteiger partial charge in [-0.25, -0.2) is 4.39 Å². The average molecular weight is 415 g/mol. The van der Waals surface area contributed by atoms with E-state index in [2.05, 4.69) is 5.32 Å². The van der Waals surface area contributed by atoms with Gasteiger partial charge in [-0.2, -0.15) is 5.10 Å². The van der Waals surface area contributed by atoms with Crippen LogP contribution in [0.1, 0.15) is 21.5 Å². The molecule has 0 aliphatic rings. The summed E-state index contributed by atoms with van der Waals surface area (Å²) >= 11 is 0. The molecule has 1 aromatic heterocycles. The van der Waals surface area contributed by atoms with Gasteiger partial charge in [0.05, 0.1) is 24.9 Å². The Hall–Kier alpha value is -3.93. The molecule has 3 aromatic carbocycles. The molecule has 4 rings (SSSR count). The van der Waals surface area contributed by atoms with E-state index in [0.29, 0.717) is 12.3 Å². The van der Waals surface area contributed by atoms with Crippen molar-refractivity contribution in [1.29, 1.82) is 0 Å². The molecule has 1 amide bonds. The minimum atomic E-state index is -0.625. The number of nitrogens with zero attached hydrogens (tertiary/aromatic N) is 2. The lowest BCUT2D eigenvalue weighted by molar-refractivity contribution is 0.0947. The lowest BCUT2D eigenvalue weighted by atomic mass is 10.1. The predicted octanol–water partition coefficient (Wildman–Crippen LogP) is 4.68. The largest absolute Gasteiger partial charge is 0.497 e. The summed E-state index contributed by atoms with van der Waals surface area (Å²) in [6, 6.07) is 24.0. The summed E-state index contributed by atoms with van der Waals surface area (Å²) in [5, 5.41) is 7.55. The molecule has 0 atom stereocenters. The molecule has 0 aliphatic heterocycles. The molecule has 0 saturated carbocycles. The summed E-state index contributed by atoms with van der Waals surface area (Å²) in [5.74, 6) is -0.752. The highest BCUT2D eigenvalue weighted by Gasteiger charge is 2.16. The number of ether oxygens (including phenoxy) is 1. The Kier molecular flexibility index (Phi) is 6.08. The van der Waals surface area contributed by atoms with Crippen LogP contribution in [0.5, 0.6) is 5.75 Å². The molecule has 0 bridgehead atoms. The molecule has 0 radical (unpaired) electrons. The Morgan fingerprint density at radius 1 is 1.03 bits per heavy atom. The minimum absolute atomic E-state index is 0.0289. The van der Waals surface area contributed by atoms with Crippen LogP contribution in [-0.2, 0) is 13.1 Å². The number of benzene rings is 3. The quantitative estimate of drug-likeness (QED) is 0.477. The molecule has 1 N–H and O–H groups in total. The number of carbonyl (C=O) groups excluding carboxylic acids is 1. The molecule has 156 valence electrons. The van der Waals surface area contributed by atoms with Crippen molar-refractivity contribution < 1.29 is 13.9 Å². The van der Waals surface area contributed by atoms with E-state index in [1.807, 2.05) is 71.5 Å². The smallest absolute Gasteiger partial charge is 0.254 e. The van der Waals surface area contributed by atoms with Crippen LogP contribution in [0.4, 0.5) is 4.39 Å². The van der Waals surface area contributed by atoms with E-state index in [9.17, 15) is 9.18 Å². The summed E-state index contributed by atoms with van der Waals surface area (Å²) in [7, 11) is 1.45. The fourth-order valence-electron chi connectivity index (χ4n) is 3.36. The summed E-state index contributed by atoms with van der Waals surface area (Å²) in [4.78, 5) is 12.6. The van der Waals surface area contributed by atoms with Crippen molar-refractivity contribution in [3.63, 3.8) is 0 Å². The van der Waals surface area contributed by atoms with Crippen molar-refractivity contribution in [2.24, 2.45) is 0 Å². The zero-order valence-electron chi connectivity index (χ0n) is 17.1. The molecular weight excluding hydrogens is 393 g/mol. The molecule has 0 saturated heterocycles. The van der Waals surface area contributed by atoms with Crippen LogP contribution in [0, 0.1) is 5.82 Å². The number of carbonyl (C=O) groups is 1. The number of halogens is 1. The topological polar surface area (TPSA) is 56.1 Å². The molecular formula is C25H22FN3O2. The first-order valence-corrected chi connectivity index (χ1v) is 9.91. The Labute approximate surface area is 180 Å². The average Bonchev–Trinajstić information content (AvgIpc) is 3.21. The Balaban J connectivity index is 1.57. The molecule has 5 nitrogen and oxygen atoms in total. The SMILES string of the molecule is COc1ccc(C(=O)NCc2cn(Cc3ccccc3)nc2-c2ccccc2)c(F)c1. The fourth-order valence-corrected chi connectivity index (χ4v) is 3.36. The molecule has 0 aliphatic carbocycles. The Bertz CT molecular complexity index is 1170. The Morgan fingerprint density at radius 2 is 1.74 bits per heavy atom. The second-order valence-electron chi connectivity index (χ2n) is 7.08. The maximum Gasteiger partial charge on any atom is 0.254 e. The van der Waals surface area contributed by atoms with E-state index in [-0.39, 0.29) is 12.1 Å². The summed E-state index contributed by atoms with van der Waals surface area (Å²) < 4.78 is 21.1. The van der Waals surface area contributed by atoms with Crippen LogP contribution in [0.25, 0.3) is 11.3 Å². The molecule has 0 spiro atoms. The van der Waals surface area contributed by atoms with Gasteiger partial charge in [-0.05, 0) is 17.7 Å². The molecule has 1 heterocycles. The van der Waals surface area contributed by atoms with Crippen LogP contribution in [0.15, 0.2) is 85.1 Å². The van der Waals surface area contributed by atoms with Crippen molar-refractivity contribution in [2.45, 2.75) is 13.1 Å². The van der Waals surface area contributed by atoms with Crippen LogP contribution < -0.4 is 10.1 Å². The van der Waals surface area contributed by atoms with Gasteiger partial charge >= 0.3 is 0 Å². The van der Waals surface area contributed by atoms with E-state index >= 15 is 0 Å². The third-order valence-electron chi connectivity index (χ3n) is 4.93. The maximum absolute atomic E-state index is 14.2. The van der Waals surface area contributed by atoms with Crippen molar-refractivity contribution in [3.8, 4) is 17.0 Å². The van der Waals surface area contributed by atoms with Gasteiger partial charge in [-0.15, -0.1) is 0 Å². The van der Waals surface area contributed by atoms with E-state index in [1.165, 1.54) is 19.2 Å². The van der Waals surface area contributed by atoms with Gasteiger partial charge in [-0.3, -0.25) is 9.48 Å².